The third kappa shape index (κ3) is 32.8. The van der Waals surface area contributed by atoms with Crippen LogP contribution in [0.1, 0.15) is 149 Å². The molecule has 0 amide bonds. The fraction of sp³-hybridized carbons (Fsp3) is 0.935. The average molecular weight is 530 g/mol. The van der Waals surface area contributed by atoms with Crippen LogP contribution in [0.25, 0.3) is 0 Å². The molecule has 0 aliphatic carbocycles. The van der Waals surface area contributed by atoms with E-state index in [9.17, 15) is 14.7 Å². The summed E-state index contributed by atoms with van der Waals surface area (Å²) >= 11 is 0. The van der Waals surface area contributed by atoms with E-state index in [1.165, 1.54) is 58.5 Å². The highest BCUT2D eigenvalue weighted by Gasteiger charge is 2.06. The lowest BCUT2D eigenvalue weighted by atomic mass is 10.1. The summed E-state index contributed by atoms with van der Waals surface area (Å²) in [6, 6.07) is 0. The second-order valence-corrected chi connectivity index (χ2v) is 10.2. The van der Waals surface area contributed by atoms with Crippen molar-refractivity contribution in [1.29, 1.82) is 0 Å². The lowest BCUT2D eigenvalue weighted by Crippen LogP contribution is -2.29. The van der Waals surface area contributed by atoms with Gasteiger partial charge in [0.25, 0.3) is 0 Å². The number of rotatable bonds is 26. The average Bonchev–Trinajstić information content (AvgIpc) is 2.89. The first-order valence-corrected chi connectivity index (χ1v) is 15.6. The van der Waals surface area contributed by atoms with E-state index < -0.39 is 0 Å². The predicted molar refractivity (Wildman–Crippen MR) is 156 cm³/mol. The SMILES string of the molecule is CCC.CCCCCCCCCOC(=O)CCCCCCCN(CCO)CCCCCCCC(=O)OC. The van der Waals surface area contributed by atoms with Gasteiger partial charge in [0.05, 0.1) is 20.3 Å². The number of aliphatic hydroxyl groups is 1. The van der Waals surface area contributed by atoms with E-state index in [1.54, 1.807) is 0 Å². The number of ether oxygens (including phenoxy) is 2. The molecule has 0 saturated heterocycles. The molecule has 0 bridgehead atoms. The molecule has 0 atom stereocenters. The summed E-state index contributed by atoms with van der Waals surface area (Å²) in [5, 5.41) is 9.32. The number of esters is 2. The predicted octanol–water partition coefficient (Wildman–Crippen LogP) is 7.85. The van der Waals surface area contributed by atoms with E-state index >= 15 is 0 Å². The fourth-order valence-electron chi connectivity index (χ4n) is 4.17. The Morgan fingerprint density at radius 2 is 1.03 bits per heavy atom. The minimum Gasteiger partial charge on any atom is -0.469 e. The summed E-state index contributed by atoms with van der Waals surface area (Å²) in [6.07, 6.45) is 21.9. The van der Waals surface area contributed by atoms with E-state index in [0.29, 0.717) is 19.4 Å². The monoisotopic (exact) mass is 529 g/mol. The van der Waals surface area contributed by atoms with Crippen LogP contribution >= 0.6 is 0 Å². The summed E-state index contributed by atoms with van der Waals surface area (Å²) < 4.78 is 10.0. The number of methoxy groups -OCH3 is 1. The molecule has 6 heteroatoms. The van der Waals surface area contributed by atoms with Gasteiger partial charge in [-0.05, 0) is 45.2 Å². The Morgan fingerprint density at radius 1 is 0.595 bits per heavy atom. The van der Waals surface area contributed by atoms with Gasteiger partial charge in [-0.1, -0.05) is 104 Å². The second kappa shape index (κ2) is 32.9. The van der Waals surface area contributed by atoms with E-state index in [4.69, 9.17) is 4.74 Å². The maximum atomic E-state index is 11.8. The standard InChI is InChI=1S/C28H55NO5.C3H8/c1-3-4-5-6-7-14-19-26-34-28(32)21-16-11-9-13-18-23-29(24-25-30)22-17-12-8-10-15-20-27(31)33-2;1-3-2/h30H,3-26H2,1-2H3;3H2,1-2H3. The number of hydrogen-bond acceptors (Lipinski definition) is 6. The molecular weight excluding hydrogens is 466 g/mol. The highest BCUT2D eigenvalue weighted by Crippen LogP contribution is 2.11. The minimum atomic E-state index is -0.118. The summed E-state index contributed by atoms with van der Waals surface area (Å²) in [4.78, 5) is 25.3. The van der Waals surface area contributed by atoms with Gasteiger partial charge >= 0.3 is 11.9 Å². The van der Waals surface area contributed by atoms with Gasteiger partial charge in [-0.15, -0.1) is 0 Å². The van der Waals surface area contributed by atoms with Crippen LogP contribution in [0.2, 0.25) is 0 Å². The maximum Gasteiger partial charge on any atom is 0.305 e. The van der Waals surface area contributed by atoms with Gasteiger partial charge in [0.2, 0.25) is 0 Å². The summed E-state index contributed by atoms with van der Waals surface area (Å²) in [7, 11) is 1.44. The number of carbonyl (C=O) groups excluding carboxylic acids is 2. The van der Waals surface area contributed by atoms with Crippen molar-refractivity contribution in [2.75, 3.05) is 40.0 Å². The fourth-order valence-corrected chi connectivity index (χ4v) is 4.17. The Morgan fingerprint density at radius 3 is 1.51 bits per heavy atom. The molecule has 0 unspecified atom stereocenters. The first kappa shape index (κ1) is 38.0. The maximum absolute atomic E-state index is 11.8. The van der Waals surface area contributed by atoms with Crippen LogP contribution in [0.4, 0.5) is 0 Å². The number of hydrogen-bond donors (Lipinski definition) is 1. The van der Waals surface area contributed by atoms with Gasteiger partial charge in [0.1, 0.15) is 0 Å². The Labute approximate surface area is 230 Å². The van der Waals surface area contributed by atoms with Crippen molar-refractivity contribution < 1.29 is 24.2 Å². The van der Waals surface area contributed by atoms with E-state index in [1.807, 2.05) is 0 Å². The van der Waals surface area contributed by atoms with Crippen LogP contribution in [0, 0.1) is 0 Å². The first-order valence-electron chi connectivity index (χ1n) is 15.6. The molecule has 0 aliphatic rings. The molecule has 0 aliphatic heterocycles. The smallest absolute Gasteiger partial charge is 0.305 e. The van der Waals surface area contributed by atoms with Gasteiger partial charge < -0.3 is 19.5 Å². The highest BCUT2D eigenvalue weighted by molar-refractivity contribution is 5.69. The van der Waals surface area contributed by atoms with Gasteiger partial charge in [-0.2, -0.15) is 0 Å². The molecule has 6 nitrogen and oxygen atoms in total. The van der Waals surface area contributed by atoms with E-state index in [-0.39, 0.29) is 18.5 Å². The summed E-state index contributed by atoms with van der Waals surface area (Å²) in [5.74, 6) is -0.154. The number of nitrogens with zero attached hydrogens (tertiary/aromatic N) is 1. The Kier molecular flexibility index (Phi) is 33.8. The van der Waals surface area contributed by atoms with Gasteiger partial charge in [-0.3, -0.25) is 9.59 Å². The van der Waals surface area contributed by atoms with Crippen molar-refractivity contribution in [3.63, 3.8) is 0 Å². The normalized spacial score (nSPS) is 10.8. The van der Waals surface area contributed by atoms with Crippen molar-refractivity contribution in [3.05, 3.63) is 0 Å². The topological polar surface area (TPSA) is 76.1 Å². The van der Waals surface area contributed by atoms with Crippen molar-refractivity contribution in [1.82, 2.24) is 4.90 Å². The highest BCUT2D eigenvalue weighted by atomic mass is 16.5. The van der Waals surface area contributed by atoms with Crippen molar-refractivity contribution in [3.8, 4) is 0 Å². The van der Waals surface area contributed by atoms with Crippen LogP contribution in [-0.2, 0) is 19.1 Å². The van der Waals surface area contributed by atoms with Crippen LogP contribution in [0.3, 0.4) is 0 Å². The zero-order valence-corrected chi connectivity index (χ0v) is 25.2. The van der Waals surface area contributed by atoms with Gasteiger partial charge in [0, 0.05) is 19.4 Å². The third-order valence-electron chi connectivity index (χ3n) is 6.37. The van der Waals surface area contributed by atoms with E-state index in [2.05, 4.69) is 30.4 Å². The molecule has 37 heavy (non-hydrogen) atoms. The molecule has 0 radical (unpaired) electrons. The molecule has 0 heterocycles. The van der Waals surface area contributed by atoms with Crippen molar-refractivity contribution in [2.45, 2.75) is 149 Å². The van der Waals surface area contributed by atoms with Gasteiger partial charge in [-0.25, -0.2) is 0 Å². The van der Waals surface area contributed by atoms with Crippen molar-refractivity contribution >= 4 is 11.9 Å². The quantitative estimate of drug-likeness (QED) is 0.0908. The van der Waals surface area contributed by atoms with Gasteiger partial charge in [0.15, 0.2) is 0 Å². The van der Waals surface area contributed by atoms with E-state index in [0.717, 1.165) is 83.8 Å². The zero-order chi connectivity index (χ0) is 27.8. The van der Waals surface area contributed by atoms with Crippen LogP contribution in [-0.4, -0.2) is 61.9 Å². The molecule has 0 aromatic carbocycles. The lowest BCUT2D eigenvalue weighted by Gasteiger charge is -2.21. The molecule has 0 fully saturated rings. The summed E-state index contributed by atoms with van der Waals surface area (Å²) in [5.41, 5.74) is 0. The molecule has 0 saturated carbocycles. The molecule has 1 N–H and O–H groups in total. The molecule has 0 rings (SSSR count). The number of unbranched alkanes of at least 4 members (excludes halogenated alkanes) is 14. The molecule has 0 aromatic rings. The number of carbonyl (C=O) groups is 2. The molecule has 222 valence electrons. The Balaban J connectivity index is 0. The summed E-state index contributed by atoms with van der Waals surface area (Å²) in [6.45, 7) is 10.1. The Bertz CT molecular complexity index is 473. The Hall–Kier alpha value is -1.14. The zero-order valence-electron chi connectivity index (χ0n) is 25.2. The molecule has 0 spiro atoms. The van der Waals surface area contributed by atoms with Crippen LogP contribution in [0.15, 0.2) is 0 Å². The largest absolute Gasteiger partial charge is 0.469 e. The number of aliphatic hydroxyl groups excluding tert-OH is 1. The molecule has 0 aromatic heterocycles. The third-order valence-corrected chi connectivity index (χ3v) is 6.37. The van der Waals surface area contributed by atoms with Crippen LogP contribution < -0.4 is 0 Å². The van der Waals surface area contributed by atoms with Crippen LogP contribution in [0.5, 0.6) is 0 Å². The van der Waals surface area contributed by atoms with Crippen molar-refractivity contribution in [2.24, 2.45) is 0 Å². The minimum absolute atomic E-state index is 0.0367. The first-order chi connectivity index (χ1) is 18.0. The molecular formula is C31H63NO5. The second-order valence-electron chi connectivity index (χ2n) is 10.2. The lowest BCUT2D eigenvalue weighted by molar-refractivity contribution is -0.144.